The third-order valence-electron chi connectivity index (χ3n) is 8.99. The van der Waals surface area contributed by atoms with Crippen molar-refractivity contribution < 1.29 is 58.7 Å². The van der Waals surface area contributed by atoms with E-state index in [0.29, 0.717) is 29.3 Å². The Hall–Kier alpha value is -4.77. The number of rotatable bonds is 9. The maximum atomic E-state index is 13.7. The van der Waals surface area contributed by atoms with Crippen LogP contribution in [0.1, 0.15) is 59.9 Å². The van der Waals surface area contributed by atoms with E-state index in [9.17, 15) is 58.7 Å². The molecule has 2 heterocycles. The van der Waals surface area contributed by atoms with Crippen molar-refractivity contribution >= 4 is 34.5 Å². The maximum Gasteiger partial charge on any atom is 0.417 e. The number of hydrogen-bond acceptors (Lipinski definition) is 4. The van der Waals surface area contributed by atoms with Crippen LogP contribution in [0.15, 0.2) is 42.6 Å². The third-order valence-corrected chi connectivity index (χ3v) is 8.99. The van der Waals surface area contributed by atoms with Crippen LogP contribution in [0, 0.1) is 5.92 Å². The Balaban J connectivity index is 1.39. The molecule has 4 amide bonds. The van der Waals surface area contributed by atoms with Crippen LogP contribution in [0.3, 0.4) is 0 Å². The molecule has 1 aliphatic carbocycles. The van der Waals surface area contributed by atoms with Crippen LogP contribution < -0.4 is 16.0 Å². The normalized spacial score (nSPS) is 18.5. The monoisotopic (exact) mass is 733 g/mol. The minimum atomic E-state index is -6.01. The molecule has 18 heteroatoms. The Morgan fingerprint density at radius 3 is 2.12 bits per heavy atom. The summed E-state index contributed by atoms with van der Waals surface area (Å²) in [7, 11) is 0. The highest BCUT2D eigenvalue weighted by molar-refractivity contribution is 5.98. The van der Waals surface area contributed by atoms with Crippen molar-refractivity contribution in [3.05, 3.63) is 70.4 Å². The van der Waals surface area contributed by atoms with Crippen molar-refractivity contribution in [1.29, 1.82) is 0 Å². The molecule has 3 aromatic rings. The van der Waals surface area contributed by atoms with Crippen LogP contribution in [0.2, 0.25) is 0 Å². The Bertz CT molecular complexity index is 1760. The molecule has 0 bridgehead atoms. The Labute approximate surface area is 284 Å². The Kier molecular flexibility index (Phi) is 10.6. The molecule has 1 aliphatic heterocycles. The summed E-state index contributed by atoms with van der Waals surface area (Å²) in [5.41, 5.74) is -7.90. The first kappa shape index (κ1) is 37.5. The largest absolute Gasteiger partial charge is 0.417 e. The molecule has 2 fully saturated rings. The van der Waals surface area contributed by atoms with Crippen molar-refractivity contribution in [2.24, 2.45) is 5.92 Å². The van der Waals surface area contributed by atoms with E-state index in [4.69, 9.17) is 0 Å². The summed E-state index contributed by atoms with van der Waals surface area (Å²) in [5.74, 6) is -3.09. The number of aromatic amines is 1. The maximum absolute atomic E-state index is 13.7. The summed E-state index contributed by atoms with van der Waals surface area (Å²) in [6, 6.07) is 4.19. The molecule has 1 aromatic heterocycles. The lowest BCUT2D eigenvalue weighted by atomic mass is 9.82. The molecule has 2 unspecified atom stereocenters. The first-order valence-electron chi connectivity index (χ1n) is 15.9. The lowest BCUT2D eigenvalue weighted by Crippen LogP contribution is -2.62. The first-order chi connectivity index (χ1) is 23.8. The molecule has 9 nitrogen and oxygen atoms in total. The van der Waals surface area contributed by atoms with Crippen LogP contribution in [0.25, 0.3) is 10.9 Å². The number of fused-ring (bicyclic) bond motifs is 1. The summed E-state index contributed by atoms with van der Waals surface area (Å²) in [6.07, 6.45) is -12.3. The number of benzene rings is 2. The molecular weight excluding hydrogens is 701 g/mol. The van der Waals surface area contributed by atoms with E-state index in [1.165, 1.54) is 6.20 Å². The molecule has 2 aromatic carbocycles. The van der Waals surface area contributed by atoms with Crippen LogP contribution in [-0.4, -0.2) is 58.7 Å². The lowest BCUT2D eigenvalue weighted by molar-refractivity contribution is -0.174. The smallest absolute Gasteiger partial charge is 0.361 e. The summed E-state index contributed by atoms with van der Waals surface area (Å²) in [4.78, 5) is 56.5. The summed E-state index contributed by atoms with van der Waals surface area (Å²) >= 11 is 0. The zero-order chi connectivity index (χ0) is 37.3. The average Bonchev–Trinajstić information content (AvgIpc) is 3.46. The highest BCUT2D eigenvalue weighted by atomic mass is 19.4. The minimum absolute atomic E-state index is 0.123. The van der Waals surface area contributed by atoms with Gasteiger partial charge >= 0.3 is 18.5 Å². The van der Waals surface area contributed by atoms with Crippen molar-refractivity contribution in [3.8, 4) is 0 Å². The van der Waals surface area contributed by atoms with Gasteiger partial charge < -0.3 is 25.8 Å². The molecule has 1 saturated carbocycles. The van der Waals surface area contributed by atoms with Gasteiger partial charge in [-0.2, -0.15) is 39.5 Å². The standard InChI is InChI=1S/C33H32F9N5O4/c34-31(35,36)21-10-17(11-22(32(37,38)39)27(21)33(40,41)42)13-44-29(50)24(12-19-14-43-23-9-5-4-8-20(19)23)45-25(48)15-47-16-26(49)46-28(30(47)51)18-6-2-1-3-7-18/h4-5,8-11,14,18,24,28,43H,1-3,6-7,12-13,15-16H2,(H,44,50)(H,45,48)(H,46,49). The van der Waals surface area contributed by atoms with Crippen LogP contribution in [0.4, 0.5) is 39.5 Å². The van der Waals surface area contributed by atoms with Gasteiger partial charge in [-0.15, -0.1) is 0 Å². The zero-order valence-corrected chi connectivity index (χ0v) is 26.6. The highest BCUT2D eigenvalue weighted by Gasteiger charge is 2.50. The number of nitrogens with zero attached hydrogens (tertiary/aromatic N) is 1. The molecule has 0 spiro atoms. The van der Waals surface area contributed by atoms with Gasteiger partial charge in [-0.25, -0.2) is 0 Å². The van der Waals surface area contributed by atoms with Crippen molar-refractivity contribution in [3.63, 3.8) is 0 Å². The van der Waals surface area contributed by atoms with Gasteiger partial charge in [-0.05, 0) is 48.1 Å². The second-order valence-electron chi connectivity index (χ2n) is 12.6. The van der Waals surface area contributed by atoms with Gasteiger partial charge in [0.15, 0.2) is 0 Å². The minimum Gasteiger partial charge on any atom is -0.361 e. The first-order valence-corrected chi connectivity index (χ1v) is 15.9. The van der Waals surface area contributed by atoms with Crippen molar-refractivity contribution in [2.75, 3.05) is 13.1 Å². The van der Waals surface area contributed by atoms with E-state index in [1.54, 1.807) is 24.3 Å². The Morgan fingerprint density at radius 1 is 0.882 bits per heavy atom. The number of H-pyrrole nitrogens is 1. The quantitative estimate of drug-likeness (QED) is 0.218. The lowest BCUT2D eigenvalue weighted by Gasteiger charge is -2.37. The molecule has 1 saturated heterocycles. The van der Waals surface area contributed by atoms with E-state index in [2.05, 4.69) is 20.9 Å². The zero-order valence-electron chi connectivity index (χ0n) is 26.6. The SMILES string of the molecule is O=C(CN1CC(=O)NC(C2CCCCC2)C1=O)NC(Cc1c[nH]c2ccccc12)C(=O)NCc1cc(C(F)(F)F)c(C(F)(F)F)c(C(F)(F)F)c1. The van der Waals surface area contributed by atoms with E-state index in [0.717, 1.165) is 24.2 Å². The number of para-hydroxylation sites is 1. The van der Waals surface area contributed by atoms with Gasteiger partial charge in [-0.3, -0.25) is 19.2 Å². The molecule has 276 valence electrons. The number of halogens is 9. The average molecular weight is 734 g/mol. The number of amides is 4. The van der Waals surface area contributed by atoms with Gasteiger partial charge in [0, 0.05) is 30.1 Å². The number of carbonyl (C=O) groups excluding carboxylic acids is 4. The van der Waals surface area contributed by atoms with Gasteiger partial charge in [0.05, 0.1) is 16.7 Å². The van der Waals surface area contributed by atoms with Crippen LogP contribution in [-0.2, 0) is 50.7 Å². The molecule has 2 atom stereocenters. The van der Waals surface area contributed by atoms with Gasteiger partial charge in [0.25, 0.3) is 0 Å². The molecular formula is C33H32F9N5O4. The predicted molar refractivity (Wildman–Crippen MR) is 162 cm³/mol. The van der Waals surface area contributed by atoms with E-state index in [1.807, 2.05) is 0 Å². The predicted octanol–water partition coefficient (Wildman–Crippen LogP) is 5.48. The molecule has 0 radical (unpaired) electrons. The Morgan fingerprint density at radius 2 is 1.51 bits per heavy atom. The highest BCUT2D eigenvalue weighted by Crippen LogP contribution is 2.47. The van der Waals surface area contributed by atoms with Crippen LogP contribution in [0.5, 0.6) is 0 Å². The number of piperazine rings is 1. The van der Waals surface area contributed by atoms with E-state index < -0.39 is 96.1 Å². The summed E-state index contributed by atoms with van der Waals surface area (Å²) < 4.78 is 122. The molecule has 5 rings (SSSR count). The van der Waals surface area contributed by atoms with Gasteiger partial charge in [0.2, 0.25) is 23.6 Å². The number of nitrogens with one attached hydrogen (secondary N) is 4. The number of aromatic nitrogens is 1. The topological polar surface area (TPSA) is 123 Å². The fourth-order valence-corrected chi connectivity index (χ4v) is 6.66. The molecule has 4 N–H and O–H groups in total. The summed E-state index contributed by atoms with van der Waals surface area (Å²) in [6.45, 7) is -2.15. The second kappa shape index (κ2) is 14.5. The number of carbonyl (C=O) groups is 4. The fourth-order valence-electron chi connectivity index (χ4n) is 6.66. The van der Waals surface area contributed by atoms with Crippen molar-refractivity contribution in [2.45, 2.75) is 75.7 Å². The summed E-state index contributed by atoms with van der Waals surface area (Å²) in [5, 5.41) is 7.86. The number of alkyl halides is 9. The second-order valence-corrected chi connectivity index (χ2v) is 12.6. The van der Waals surface area contributed by atoms with E-state index in [-0.39, 0.29) is 24.5 Å². The van der Waals surface area contributed by atoms with Crippen molar-refractivity contribution in [1.82, 2.24) is 25.8 Å². The number of hydrogen-bond donors (Lipinski definition) is 4. The molecule has 51 heavy (non-hydrogen) atoms. The van der Waals surface area contributed by atoms with Gasteiger partial charge in [-0.1, -0.05) is 37.5 Å². The van der Waals surface area contributed by atoms with Gasteiger partial charge in [0.1, 0.15) is 25.2 Å². The van der Waals surface area contributed by atoms with E-state index >= 15 is 0 Å². The van der Waals surface area contributed by atoms with Crippen LogP contribution >= 0.6 is 0 Å². The fraction of sp³-hybridized carbons (Fsp3) is 0.455. The molecule has 2 aliphatic rings. The third kappa shape index (κ3) is 8.76.